The summed E-state index contributed by atoms with van der Waals surface area (Å²) in [5.41, 5.74) is 1.69. The maximum Gasteiger partial charge on any atom is 0.349 e. The van der Waals surface area contributed by atoms with Gasteiger partial charge in [-0.15, -0.1) is 0 Å². The van der Waals surface area contributed by atoms with Crippen molar-refractivity contribution in [2.24, 2.45) is 0 Å². The number of ether oxygens (including phenoxy) is 2. The summed E-state index contributed by atoms with van der Waals surface area (Å²) in [5, 5.41) is 2.93. The first kappa shape index (κ1) is 22.2. The molecule has 0 aromatic heterocycles. The van der Waals surface area contributed by atoms with E-state index in [1.807, 2.05) is 60.7 Å². The number of carbonyl (C=O) groups excluding carboxylic acids is 2. The van der Waals surface area contributed by atoms with Crippen LogP contribution in [0.15, 0.2) is 60.2 Å². The van der Waals surface area contributed by atoms with Gasteiger partial charge < -0.3 is 14.8 Å². The molecule has 0 aliphatic heterocycles. The molecular weight excluding hydrogens is 366 g/mol. The third-order valence-electron chi connectivity index (χ3n) is 4.30. The fraction of sp³-hybridized carbons (Fsp3) is 0.333. The minimum atomic E-state index is -1.05. The van der Waals surface area contributed by atoms with E-state index in [4.69, 9.17) is 9.47 Å². The number of hydrogen-bond acceptors (Lipinski definition) is 4. The second kappa shape index (κ2) is 10.5. The van der Waals surface area contributed by atoms with Gasteiger partial charge >= 0.3 is 5.97 Å². The van der Waals surface area contributed by atoms with Gasteiger partial charge in [-0.1, -0.05) is 42.5 Å². The molecule has 0 aliphatic rings. The topological polar surface area (TPSA) is 64.6 Å². The number of carbonyl (C=O) groups is 2. The molecule has 2 rings (SSSR count). The van der Waals surface area contributed by atoms with Crippen LogP contribution in [-0.2, 0) is 20.7 Å². The molecule has 0 radical (unpaired) electrons. The summed E-state index contributed by atoms with van der Waals surface area (Å²) in [4.78, 5) is 24.1. The lowest BCUT2D eigenvalue weighted by Gasteiger charge is -2.24. The molecule has 0 saturated heterocycles. The van der Waals surface area contributed by atoms with Crippen LogP contribution in [0.1, 0.15) is 38.8 Å². The first-order valence-corrected chi connectivity index (χ1v) is 9.78. The van der Waals surface area contributed by atoms with Crippen molar-refractivity contribution in [1.29, 1.82) is 0 Å². The molecule has 29 heavy (non-hydrogen) atoms. The Morgan fingerprint density at radius 3 is 2.31 bits per heavy atom. The van der Waals surface area contributed by atoms with E-state index in [9.17, 15) is 9.59 Å². The zero-order valence-electron chi connectivity index (χ0n) is 17.5. The molecule has 0 saturated carbocycles. The van der Waals surface area contributed by atoms with Crippen molar-refractivity contribution in [3.8, 4) is 5.75 Å². The molecule has 154 valence electrons. The maximum absolute atomic E-state index is 12.2. The highest BCUT2D eigenvalue weighted by Crippen LogP contribution is 2.20. The average Bonchev–Trinajstić information content (AvgIpc) is 2.70. The molecule has 0 bridgehead atoms. The summed E-state index contributed by atoms with van der Waals surface area (Å²) in [6.07, 6.45) is 2.57. The minimum Gasteiger partial charge on any atom is -0.476 e. The number of esters is 1. The Kier molecular flexibility index (Phi) is 8.01. The zero-order valence-corrected chi connectivity index (χ0v) is 17.5. The molecule has 1 amide bonds. The highest BCUT2D eigenvalue weighted by atomic mass is 16.6. The monoisotopic (exact) mass is 395 g/mol. The van der Waals surface area contributed by atoms with Crippen molar-refractivity contribution < 1.29 is 19.1 Å². The number of hydrogen-bond donors (Lipinski definition) is 1. The minimum absolute atomic E-state index is 0.0787. The van der Waals surface area contributed by atoms with Crippen LogP contribution in [0.25, 0.3) is 6.08 Å². The Bertz CT molecular complexity index is 839. The van der Waals surface area contributed by atoms with Crippen molar-refractivity contribution in [1.82, 2.24) is 5.32 Å². The van der Waals surface area contributed by atoms with Crippen molar-refractivity contribution in [3.05, 3.63) is 71.3 Å². The number of nitrogens with one attached hydrogen (secondary N) is 1. The van der Waals surface area contributed by atoms with Gasteiger partial charge in [-0.25, -0.2) is 4.79 Å². The van der Waals surface area contributed by atoms with Crippen molar-refractivity contribution in [2.45, 2.75) is 39.7 Å². The predicted octanol–water partition coefficient (Wildman–Crippen LogP) is 4.17. The van der Waals surface area contributed by atoms with Crippen LogP contribution in [0.4, 0.5) is 0 Å². The molecule has 0 atom stereocenters. The van der Waals surface area contributed by atoms with Crippen molar-refractivity contribution >= 4 is 18.0 Å². The van der Waals surface area contributed by atoms with Gasteiger partial charge in [0.25, 0.3) is 0 Å². The summed E-state index contributed by atoms with van der Waals surface area (Å²) < 4.78 is 10.8. The SMILES string of the molecule is CCOC(=O)C(C)(C)Oc1ccc(CCNC(=O)/C(C)=C/c2ccccc2)cc1. The van der Waals surface area contributed by atoms with E-state index < -0.39 is 11.6 Å². The molecule has 2 aromatic carbocycles. The van der Waals surface area contributed by atoms with Gasteiger partial charge in [0.15, 0.2) is 5.60 Å². The summed E-state index contributed by atoms with van der Waals surface area (Å²) >= 11 is 0. The fourth-order valence-electron chi connectivity index (χ4n) is 2.69. The van der Waals surface area contributed by atoms with Crippen LogP contribution in [0.3, 0.4) is 0 Å². The lowest BCUT2D eigenvalue weighted by Crippen LogP contribution is -2.39. The van der Waals surface area contributed by atoms with Gasteiger partial charge in [-0.05, 0) is 63.5 Å². The van der Waals surface area contributed by atoms with E-state index >= 15 is 0 Å². The Morgan fingerprint density at radius 2 is 1.69 bits per heavy atom. The summed E-state index contributed by atoms with van der Waals surface area (Å²) in [6, 6.07) is 17.2. The van der Waals surface area contributed by atoms with Crippen LogP contribution in [-0.4, -0.2) is 30.6 Å². The van der Waals surface area contributed by atoms with Crippen molar-refractivity contribution in [2.75, 3.05) is 13.2 Å². The van der Waals surface area contributed by atoms with Crippen LogP contribution >= 0.6 is 0 Å². The van der Waals surface area contributed by atoms with Gasteiger partial charge in [0, 0.05) is 12.1 Å². The zero-order chi connectivity index (χ0) is 21.3. The van der Waals surface area contributed by atoms with Crippen molar-refractivity contribution in [3.63, 3.8) is 0 Å². The normalized spacial score (nSPS) is 11.7. The van der Waals surface area contributed by atoms with Crippen LogP contribution < -0.4 is 10.1 Å². The van der Waals surface area contributed by atoms with Gasteiger partial charge in [-0.3, -0.25) is 4.79 Å². The third kappa shape index (κ3) is 7.11. The van der Waals surface area contributed by atoms with E-state index in [-0.39, 0.29) is 5.91 Å². The molecule has 1 N–H and O–H groups in total. The lowest BCUT2D eigenvalue weighted by molar-refractivity contribution is -0.158. The highest BCUT2D eigenvalue weighted by Gasteiger charge is 2.31. The van der Waals surface area contributed by atoms with Gasteiger partial charge in [0.2, 0.25) is 5.91 Å². The Hall–Kier alpha value is -3.08. The van der Waals surface area contributed by atoms with Crippen LogP contribution in [0.2, 0.25) is 0 Å². The van der Waals surface area contributed by atoms with E-state index in [0.717, 1.165) is 11.1 Å². The molecule has 0 heterocycles. The lowest BCUT2D eigenvalue weighted by atomic mass is 10.1. The van der Waals surface area contributed by atoms with E-state index in [1.54, 1.807) is 27.7 Å². The molecule has 5 heteroatoms. The van der Waals surface area contributed by atoms with E-state index in [0.29, 0.717) is 30.9 Å². The molecule has 0 fully saturated rings. The second-order valence-electron chi connectivity index (χ2n) is 7.22. The number of rotatable bonds is 9. The molecule has 0 aliphatic carbocycles. The van der Waals surface area contributed by atoms with Crippen LogP contribution in [0.5, 0.6) is 5.75 Å². The Morgan fingerprint density at radius 1 is 1.03 bits per heavy atom. The molecule has 5 nitrogen and oxygen atoms in total. The molecule has 0 spiro atoms. The largest absolute Gasteiger partial charge is 0.476 e. The first-order valence-electron chi connectivity index (χ1n) is 9.78. The quantitative estimate of drug-likeness (QED) is 0.511. The first-order chi connectivity index (χ1) is 13.8. The Balaban J connectivity index is 1.83. The third-order valence-corrected chi connectivity index (χ3v) is 4.30. The smallest absolute Gasteiger partial charge is 0.349 e. The summed E-state index contributed by atoms with van der Waals surface area (Å²) in [7, 11) is 0. The second-order valence-corrected chi connectivity index (χ2v) is 7.22. The van der Waals surface area contributed by atoms with E-state index in [1.165, 1.54) is 0 Å². The van der Waals surface area contributed by atoms with Gasteiger partial charge in [0.1, 0.15) is 5.75 Å². The summed E-state index contributed by atoms with van der Waals surface area (Å²) in [5.74, 6) is 0.119. The van der Waals surface area contributed by atoms with Gasteiger partial charge in [-0.2, -0.15) is 0 Å². The van der Waals surface area contributed by atoms with Gasteiger partial charge in [0.05, 0.1) is 6.61 Å². The maximum atomic E-state index is 12.2. The van der Waals surface area contributed by atoms with Crippen LogP contribution in [0, 0.1) is 0 Å². The average molecular weight is 395 g/mol. The number of benzene rings is 2. The number of amides is 1. The molecule has 2 aromatic rings. The van der Waals surface area contributed by atoms with E-state index in [2.05, 4.69) is 5.32 Å². The predicted molar refractivity (Wildman–Crippen MR) is 115 cm³/mol. The summed E-state index contributed by atoms with van der Waals surface area (Å²) in [6.45, 7) is 7.78. The fourth-order valence-corrected chi connectivity index (χ4v) is 2.69. The molecule has 0 unspecified atom stereocenters. The highest BCUT2D eigenvalue weighted by molar-refractivity contribution is 5.97. The standard InChI is InChI=1S/C24H29NO4/c1-5-28-23(27)24(3,4)29-21-13-11-19(12-14-21)15-16-25-22(26)18(2)17-20-9-7-6-8-10-20/h6-14,17H,5,15-16H2,1-4H3,(H,25,26)/b18-17+. The Labute approximate surface area is 172 Å². The molecular formula is C24H29NO4.